The molecule has 0 saturated heterocycles. The molecule has 1 unspecified atom stereocenters. The molecule has 0 aliphatic heterocycles. The molecule has 0 spiro atoms. The molecular weight excluding hydrogens is 250 g/mol. The first-order valence-corrected chi connectivity index (χ1v) is 6.28. The van der Waals surface area contributed by atoms with Crippen molar-refractivity contribution in [2.45, 2.75) is 39.0 Å². The van der Waals surface area contributed by atoms with E-state index in [9.17, 15) is 13.6 Å². The fourth-order valence-electron chi connectivity index (χ4n) is 2.00. The Morgan fingerprint density at radius 3 is 2.16 bits per heavy atom. The van der Waals surface area contributed by atoms with Crippen molar-refractivity contribution in [3.8, 4) is 0 Å². The highest BCUT2D eigenvalue weighted by Crippen LogP contribution is 2.32. The zero-order valence-electron chi connectivity index (χ0n) is 11.7. The maximum absolute atomic E-state index is 13.2. The monoisotopic (exact) mass is 270 g/mol. The van der Waals surface area contributed by atoms with Crippen molar-refractivity contribution in [2.75, 3.05) is 7.11 Å². The molecule has 0 saturated carbocycles. The van der Waals surface area contributed by atoms with Crippen molar-refractivity contribution >= 4 is 5.97 Å². The molecule has 2 nitrogen and oxygen atoms in total. The molecule has 0 heterocycles. The van der Waals surface area contributed by atoms with Crippen molar-refractivity contribution in [3.05, 3.63) is 35.4 Å². The number of halogens is 2. The summed E-state index contributed by atoms with van der Waals surface area (Å²) in [5.74, 6) is -0.424. The Morgan fingerprint density at radius 2 is 1.79 bits per heavy atom. The van der Waals surface area contributed by atoms with Gasteiger partial charge in [0.25, 0.3) is 6.43 Å². The van der Waals surface area contributed by atoms with Crippen LogP contribution < -0.4 is 0 Å². The predicted molar refractivity (Wildman–Crippen MR) is 70.4 cm³/mol. The van der Waals surface area contributed by atoms with Gasteiger partial charge in [-0.2, -0.15) is 0 Å². The zero-order valence-corrected chi connectivity index (χ0v) is 11.7. The number of ether oxygens (including phenoxy) is 1. The largest absolute Gasteiger partial charge is 0.468 e. The normalized spacial score (nSPS) is 14.5. The van der Waals surface area contributed by atoms with Crippen molar-refractivity contribution < 1.29 is 18.3 Å². The lowest BCUT2D eigenvalue weighted by atomic mass is 9.82. The van der Waals surface area contributed by atoms with Crippen LogP contribution in [0, 0.1) is 5.92 Å². The first kappa shape index (κ1) is 15.6. The van der Waals surface area contributed by atoms with Gasteiger partial charge in [0.2, 0.25) is 0 Å². The third-order valence-corrected chi connectivity index (χ3v) is 3.24. The average Bonchev–Trinajstić information content (AvgIpc) is 2.36. The Morgan fingerprint density at radius 1 is 1.26 bits per heavy atom. The SMILES string of the molecule is COC(=O)C(C)(c1ccc(CC(C)C)cc1)C(F)F. The number of rotatable bonds is 5. The van der Waals surface area contributed by atoms with E-state index in [0.29, 0.717) is 5.92 Å². The predicted octanol–water partition coefficient (Wildman–Crippen LogP) is 3.58. The maximum Gasteiger partial charge on any atom is 0.321 e. The molecule has 0 aliphatic rings. The van der Waals surface area contributed by atoms with Gasteiger partial charge in [-0.05, 0) is 30.4 Å². The Balaban J connectivity index is 3.08. The number of hydrogen-bond donors (Lipinski definition) is 0. The Labute approximate surface area is 112 Å². The second-order valence-electron chi connectivity index (χ2n) is 5.29. The summed E-state index contributed by atoms with van der Waals surface area (Å²) >= 11 is 0. The highest BCUT2D eigenvalue weighted by Gasteiger charge is 2.45. The van der Waals surface area contributed by atoms with Crippen LogP contribution >= 0.6 is 0 Å². The Bertz CT molecular complexity index is 426. The highest BCUT2D eigenvalue weighted by atomic mass is 19.3. The fourth-order valence-corrected chi connectivity index (χ4v) is 2.00. The highest BCUT2D eigenvalue weighted by molar-refractivity contribution is 5.83. The smallest absolute Gasteiger partial charge is 0.321 e. The van der Waals surface area contributed by atoms with Gasteiger partial charge in [-0.3, -0.25) is 4.79 Å². The van der Waals surface area contributed by atoms with Crippen molar-refractivity contribution in [1.82, 2.24) is 0 Å². The van der Waals surface area contributed by atoms with Crippen LogP contribution in [0.2, 0.25) is 0 Å². The van der Waals surface area contributed by atoms with Crippen LogP contribution in [0.1, 0.15) is 31.9 Å². The van der Waals surface area contributed by atoms with E-state index in [2.05, 4.69) is 18.6 Å². The van der Waals surface area contributed by atoms with Gasteiger partial charge < -0.3 is 4.74 Å². The minimum absolute atomic E-state index is 0.279. The maximum atomic E-state index is 13.2. The molecule has 0 aromatic heterocycles. The molecule has 1 aromatic carbocycles. The van der Waals surface area contributed by atoms with E-state index in [1.54, 1.807) is 24.3 Å². The van der Waals surface area contributed by atoms with Gasteiger partial charge in [-0.25, -0.2) is 8.78 Å². The van der Waals surface area contributed by atoms with E-state index in [0.717, 1.165) is 19.1 Å². The van der Waals surface area contributed by atoms with Crippen LogP contribution in [-0.2, 0) is 21.4 Å². The number of carbonyl (C=O) groups excluding carboxylic acids is 1. The molecule has 1 aromatic rings. The summed E-state index contributed by atoms with van der Waals surface area (Å²) < 4.78 is 30.9. The second-order valence-corrected chi connectivity index (χ2v) is 5.29. The average molecular weight is 270 g/mol. The minimum Gasteiger partial charge on any atom is -0.468 e. The van der Waals surface area contributed by atoms with E-state index in [1.165, 1.54) is 6.92 Å². The van der Waals surface area contributed by atoms with Gasteiger partial charge in [-0.15, -0.1) is 0 Å². The molecule has 19 heavy (non-hydrogen) atoms. The van der Waals surface area contributed by atoms with Crippen LogP contribution in [-0.4, -0.2) is 19.5 Å². The van der Waals surface area contributed by atoms with E-state index in [-0.39, 0.29) is 5.56 Å². The number of methoxy groups -OCH3 is 1. The summed E-state index contributed by atoms with van der Waals surface area (Å²) in [6.07, 6.45) is -1.93. The lowest BCUT2D eigenvalue weighted by Crippen LogP contribution is -2.40. The molecule has 1 atom stereocenters. The molecule has 0 N–H and O–H groups in total. The van der Waals surface area contributed by atoms with Gasteiger partial charge in [0.05, 0.1) is 7.11 Å². The summed E-state index contributed by atoms with van der Waals surface area (Å²) in [6, 6.07) is 6.75. The summed E-state index contributed by atoms with van der Waals surface area (Å²) in [7, 11) is 1.12. The van der Waals surface area contributed by atoms with Crippen molar-refractivity contribution in [2.24, 2.45) is 5.92 Å². The summed E-state index contributed by atoms with van der Waals surface area (Å²) in [6.45, 7) is 5.39. The molecular formula is C15H20F2O2. The van der Waals surface area contributed by atoms with Crippen LogP contribution in [0.15, 0.2) is 24.3 Å². The number of benzene rings is 1. The summed E-state index contributed by atoms with van der Waals surface area (Å²) in [4.78, 5) is 11.6. The molecule has 106 valence electrons. The first-order valence-electron chi connectivity index (χ1n) is 6.28. The number of hydrogen-bond acceptors (Lipinski definition) is 2. The van der Waals surface area contributed by atoms with Gasteiger partial charge in [-0.1, -0.05) is 38.1 Å². The Hall–Kier alpha value is -1.45. The molecule has 0 amide bonds. The summed E-state index contributed by atoms with van der Waals surface area (Å²) in [5.41, 5.74) is -0.562. The quantitative estimate of drug-likeness (QED) is 0.764. The molecule has 0 aliphatic carbocycles. The standard InChI is InChI=1S/C15H20F2O2/c1-10(2)9-11-5-7-12(8-6-11)15(3,13(16)17)14(18)19-4/h5-8,10,13H,9H2,1-4H3. The van der Waals surface area contributed by atoms with Crippen LogP contribution in [0.5, 0.6) is 0 Å². The summed E-state index contributed by atoms with van der Waals surface area (Å²) in [5, 5.41) is 0. The van der Waals surface area contributed by atoms with Crippen molar-refractivity contribution in [1.29, 1.82) is 0 Å². The first-order chi connectivity index (χ1) is 8.82. The minimum atomic E-state index is -2.81. The number of esters is 1. The van der Waals surface area contributed by atoms with Gasteiger partial charge in [0.15, 0.2) is 5.41 Å². The van der Waals surface area contributed by atoms with Crippen LogP contribution in [0.3, 0.4) is 0 Å². The topological polar surface area (TPSA) is 26.3 Å². The van der Waals surface area contributed by atoms with E-state index >= 15 is 0 Å². The molecule has 0 radical (unpaired) electrons. The number of alkyl halides is 2. The third kappa shape index (κ3) is 3.31. The van der Waals surface area contributed by atoms with Crippen LogP contribution in [0.4, 0.5) is 8.78 Å². The lowest BCUT2D eigenvalue weighted by Gasteiger charge is -2.26. The molecule has 1 rings (SSSR count). The van der Waals surface area contributed by atoms with Gasteiger partial charge in [0.1, 0.15) is 0 Å². The van der Waals surface area contributed by atoms with E-state index in [1.807, 2.05) is 0 Å². The fraction of sp³-hybridized carbons (Fsp3) is 0.533. The number of carbonyl (C=O) groups is 1. The second kappa shape index (κ2) is 6.13. The third-order valence-electron chi connectivity index (χ3n) is 3.24. The van der Waals surface area contributed by atoms with Crippen molar-refractivity contribution in [3.63, 3.8) is 0 Å². The molecule has 4 heteroatoms. The zero-order chi connectivity index (χ0) is 14.6. The molecule has 0 bridgehead atoms. The van der Waals surface area contributed by atoms with E-state index in [4.69, 9.17) is 0 Å². The van der Waals surface area contributed by atoms with Crippen LogP contribution in [0.25, 0.3) is 0 Å². The Kier molecular flexibility index (Phi) is 5.04. The van der Waals surface area contributed by atoms with Gasteiger partial charge >= 0.3 is 5.97 Å². The lowest BCUT2D eigenvalue weighted by molar-refractivity contribution is -0.153. The van der Waals surface area contributed by atoms with E-state index < -0.39 is 17.8 Å². The van der Waals surface area contributed by atoms with Gasteiger partial charge in [0, 0.05) is 0 Å². The molecule has 0 fully saturated rings.